The lowest BCUT2D eigenvalue weighted by Crippen LogP contribution is -2.40. The van der Waals surface area contributed by atoms with E-state index in [0.29, 0.717) is 18.3 Å². The van der Waals surface area contributed by atoms with Crippen LogP contribution in [0.4, 0.5) is 0 Å². The summed E-state index contributed by atoms with van der Waals surface area (Å²) in [6.07, 6.45) is 2.32. The number of carbonyl (C=O) groups excluding carboxylic acids is 1. The van der Waals surface area contributed by atoms with Crippen molar-refractivity contribution in [1.82, 2.24) is 10.6 Å². The first-order valence-corrected chi connectivity index (χ1v) is 8.91. The number of hydrogen-bond acceptors (Lipinski definition) is 3. The predicted octanol–water partition coefficient (Wildman–Crippen LogP) is 3.16. The number of guanidine groups is 1. The van der Waals surface area contributed by atoms with Crippen LogP contribution in [-0.2, 0) is 12.0 Å². The van der Waals surface area contributed by atoms with Crippen LogP contribution in [0.2, 0.25) is 0 Å². The fraction of sp³-hybridized carbons (Fsp3) is 0.333. The topological polar surface area (TPSA) is 92.6 Å². The number of nitrogens with two attached hydrogens (primary N) is 1. The molecule has 1 saturated carbocycles. The van der Waals surface area contributed by atoms with E-state index in [1.807, 2.05) is 6.07 Å². The van der Waals surface area contributed by atoms with Crippen LogP contribution in [0.5, 0.6) is 0 Å². The van der Waals surface area contributed by atoms with Gasteiger partial charge in [0, 0.05) is 23.5 Å². The molecule has 140 valence electrons. The van der Waals surface area contributed by atoms with Gasteiger partial charge in [-0.1, -0.05) is 28.1 Å². The predicted molar refractivity (Wildman–Crippen MR) is 116 cm³/mol. The molecule has 0 bridgehead atoms. The summed E-state index contributed by atoms with van der Waals surface area (Å²) >= 11 is 3.54. The number of nitrogens with one attached hydrogen (secondary N) is 2. The highest BCUT2D eigenvalue weighted by atomic mass is 127. The lowest BCUT2D eigenvalue weighted by atomic mass is 9.96. The smallest absolute Gasteiger partial charge is 0.284 e. The minimum Gasteiger partial charge on any atom is -0.454 e. The van der Waals surface area contributed by atoms with Gasteiger partial charge in [-0.05, 0) is 42.7 Å². The highest BCUT2D eigenvalue weighted by Gasteiger charge is 2.44. The van der Waals surface area contributed by atoms with Crippen molar-refractivity contribution < 1.29 is 9.21 Å². The highest BCUT2D eigenvalue weighted by Crippen LogP contribution is 2.48. The molecule has 8 heteroatoms. The van der Waals surface area contributed by atoms with Gasteiger partial charge in [0.15, 0.2) is 11.7 Å². The number of nitrogens with zero attached hydrogens (tertiary/aromatic N) is 1. The van der Waals surface area contributed by atoms with Gasteiger partial charge in [0.05, 0.1) is 6.54 Å². The van der Waals surface area contributed by atoms with Gasteiger partial charge in [-0.3, -0.25) is 9.79 Å². The quantitative estimate of drug-likeness (QED) is 0.303. The Bertz CT molecular complexity index is 802. The van der Waals surface area contributed by atoms with E-state index >= 15 is 0 Å². The maximum atomic E-state index is 11.1. The molecular formula is C18H22BrIN4O2. The van der Waals surface area contributed by atoms with Gasteiger partial charge in [-0.15, -0.1) is 24.0 Å². The SMILES string of the molecule is CN=C(NCc1ccc(C(N)=O)o1)NCC1(c2cccc(Br)c2)CC1.I. The highest BCUT2D eigenvalue weighted by molar-refractivity contribution is 14.0. The first kappa shape index (κ1) is 20.8. The molecule has 0 atom stereocenters. The van der Waals surface area contributed by atoms with Crippen molar-refractivity contribution >= 4 is 51.8 Å². The van der Waals surface area contributed by atoms with Crippen LogP contribution in [0, 0.1) is 0 Å². The second-order valence-corrected chi connectivity index (χ2v) is 7.12. The van der Waals surface area contributed by atoms with E-state index in [4.69, 9.17) is 10.2 Å². The van der Waals surface area contributed by atoms with Crippen molar-refractivity contribution in [2.45, 2.75) is 24.8 Å². The second-order valence-electron chi connectivity index (χ2n) is 6.20. The van der Waals surface area contributed by atoms with Crippen LogP contribution in [0.25, 0.3) is 0 Å². The molecule has 1 aromatic heterocycles. The molecule has 0 saturated heterocycles. The molecule has 1 fully saturated rings. The monoisotopic (exact) mass is 532 g/mol. The first-order chi connectivity index (χ1) is 12.0. The van der Waals surface area contributed by atoms with E-state index in [0.717, 1.165) is 23.9 Å². The average Bonchev–Trinajstić information content (AvgIpc) is 3.24. The maximum absolute atomic E-state index is 11.1. The van der Waals surface area contributed by atoms with Crippen LogP contribution >= 0.6 is 39.9 Å². The maximum Gasteiger partial charge on any atom is 0.284 e. The Kier molecular flexibility index (Phi) is 7.10. The van der Waals surface area contributed by atoms with Crippen molar-refractivity contribution in [3.8, 4) is 0 Å². The van der Waals surface area contributed by atoms with E-state index < -0.39 is 5.91 Å². The summed E-state index contributed by atoms with van der Waals surface area (Å²) in [4.78, 5) is 15.3. The third-order valence-electron chi connectivity index (χ3n) is 4.44. The number of primary amides is 1. The van der Waals surface area contributed by atoms with E-state index in [9.17, 15) is 4.79 Å². The van der Waals surface area contributed by atoms with Crippen molar-refractivity contribution in [2.24, 2.45) is 10.7 Å². The zero-order chi connectivity index (χ0) is 17.9. The van der Waals surface area contributed by atoms with E-state index in [1.165, 1.54) is 5.56 Å². The molecule has 3 rings (SSSR count). The van der Waals surface area contributed by atoms with Gasteiger partial charge >= 0.3 is 0 Å². The summed E-state index contributed by atoms with van der Waals surface area (Å²) in [5, 5.41) is 6.57. The van der Waals surface area contributed by atoms with Crippen molar-refractivity contribution in [3.05, 3.63) is 58.0 Å². The Hall–Kier alpha value is -1.55. The number of hydrogen-bond donors (Lipinski definition) is 3. The molecule has 2 aromatic rings. The Labute approximate surface area is 178 Å². The third kappa shape index (κ3) is 5.00. The van der Waals surface area contributed by atoms with Crippen LogP contribution in [0.1, 0.15) is 34.7 Å². The molecule has 0 aliphatic heterocycles. The third-order valence-corrected chi connectivity index (χ3v) is 4.94. The Morgan fingerprint density at radius 1 is 1.31 bits per heavy atom. The van der Waals surface area contributed by atoms with Crippen LogP contribution in [-0.4, -0.2) is 25.5 Å². The van der Waals surface area contributed by atoms with Gasteiger partial charge in [0.2, 0.25) is 0 Å². The second kappa shape index (κ2) is 8.90. The summed E-state index contributed by atoms with van der Waals surface area (Å²) in [5.74, 6) is 0.910. The van der Waals surface area contributed by atoms with Crippen LogP contribution in [0.15, 0.2) is 50.3 Å². The largest absolute Gasteiger partial charge is 0.454 e. The number of carbonyl (C=O) groups is 1. The summed E-state index contributed by atoms with van der Waals surface area (Å²) in [6, 6.07) is 11.8. The Morgan fingerprint density at radius 3 is 2.65 bits per heavy atom. The molecule has 0 radical (unpaired) electrons. The molecule has 1 aliphatic rings. The van der Waals surface area contributed by atoms with E-state index in [1.54, 1.807) is 19.2 Å². The first-order valence-electron chi connectivity index (χ1n) is 8.11. The van der Waals surface area contributed by atoms with Gasteiger partial charge in [0.1, 0.15) is 5.76 Å². The number of halogens is 2. The molecule has 1 aromatic carbocycles. The number of benzene rings is 1. The number of amides is 1. The van der Waals surface area contributed by atoms with E-state index in [-0.39, 0.29) is 35.2 Å². The van der Waals surface area contributed by atoms with Gasteiger partial charge in [0.25, 0.3) is 5.91 Å². The fourth-order valence-electron chi connectivity index (χ4n) is 2.79. The molecule has 0 spiro atoms. The summed E-state index contributed by atoms with van der Waals surface area (Å²) < 4.78 is 6.45. The molecule has 1 heterocycles. The van der Waals surface area contributed by atoms with Crippen molar-refractivity contribution in [1.29, 1.82) is 0 Å². The molecule has 26 heavy (non-hydrogen) atoms. The zero-order valence-electron chi connectivity index (χ0n) is 14.4. The molecule has 4 N–H and O–H groups in total. The number of furan rings is 1. The molecular weight excluding hydrogens is 511 g/mol. The number of aliphatic imine (C=N–C) groups is 1. The Morgan fingerprint density at radius 2 is 2.08 bits per heavy atom. The normalized spacial score (nSPS) is 15.1. The van der Waals surface area contributed by atoms with E-state index in [2.05, 4.69) is 49.8 Å². The van der Waals surface area contributed by atoms with Crippen molar-refractivity contribution in [3.63, 3.8) is 0 Å². The summed E-state index contributed by atoms with van der Waals surface area (Å²) in [5.41, 5.74) is 6.69. The standard InChI is InChI=1S/C18H21BrN4O2.HI/c1-21-17(22-10-14-5-6-15(25-14)16(20)24)23-11-18(7-8-18)12-3-2-4-13(19)9-12;/h2-6,9H,7-8,10-11H2,1H3,(H2,20,24)(H2,21,22,23);1H. The average molecular weight is 533 g/mol. The van der Waals surface area contributed by atoms with Crippen LogP contribution < -0.4 is 16.4 Å². The van der Waals surface area contributed by atoms with Gasteiger partial charge in [-0.25, -0.2) is 0 Å². The summed E-state index contributed by atoms with van der Waals surface area (Å²) in [6.45, 7) is 1.24. The lowest BCUT2D eigenvalue weighted by Gasteiger charge is -2.19. The minimum atomic E-state index is -0.571. The Balaban J connectivity index is 0.00000243. The zero-order valence-corrected chi connectivity index (χ0v) is 18.3. The molecule has 0 unspecified atom stereocenters. The summed E-state index contributed by atoms with van der Waals surface area (Å²) in [7, 11) is 1.73. The van der Waals surface area contributed by atoms with Crippen LogP contribution in [0.3, 0.4) is 0 Å². The lowest BCUT2D eigenvalue weighted by molar-refractivity contribution is 0.0972. The minimum absolute atomic E-state index is 0. The fourth-order valence-corrected chi connectivity index (χ4v) is 3.19. The van der Waals surface area contributed by atoms with Gasteiger partial charge in [-0.2, -0.15) is 0 Å². The molecule has 1 aliphatic carbocycles. The molecule has 6 nitrogen and oxygen atoms in total. The number of rotatable bonds is 6. The van der Waals surface area contributed by atoms with Gasteiger partial charge < -0.3 is 20.8 Å². The molecule has 1 amide bonds. The van der Waals surface area contributed by atoms with Crippen molar-refractivity contribution in [2.75, 3.05) is 13.6 Å².